The Bertz CT molecular complexity index is 347. The Hall–Kier alpha value is -1.99. The lowest BCUT2D eigenvalue weighted by molar-refractivity contribution is -0.389. The van der Waals surface area contributed by atoms with Crippen LogP contribution in [0.25, 0.3) is 0 Å². The zero-order valence-electron chi connectivity index (χ0n) is 7.41. The molecule has 1 aromatic rings. The number of esters is 1. The third-order valence-electron chi connectivity index (χ3n) is 1.49. The van der Waals surface area contributed by atoms with E-state index >= 15 is 0 Å². The van der Waals surface area contributed by atoms with Gasteiger partial charge in [0.2, 0.25) is 0 Å². The lowest BCUT2D eigenvalue weighted by Gasteiger charge is -1.96. The fourth-order valence-electron chi connectivity index (χ4n) is 0.789. The molecule has 0 saturated heterocycles. The second-order valence-corrected chi connectivity index (χ2v) is 2.42. The van der Waals surface area contributed by atoms with Crippen molar-refractivity contribution in [3.05, 3.63) is 16.3 Å². The average molecular weight is 200 g/mol. The van der Waals surface area contributed by atoms with Crippen LogP contribution < -0.4 is 0 Å². The van der Waals surface area contributed by atoms with Gasteiger partial charge in [0.05, 0.1) is 25.3 Å². The first kappa shape index (κ1) is 10.1. The van der Waals surface area contributed by atoms with E-state index in [1.54, 1.807) is 0 Å². The fraction of sp³-hybridized carbons (Fsp3) is 0.500. The molecular weight excluding hydrogens is 192 g/mol. The monoisotopic (exact) mass is 200 g/mol. The molecule has 1 aromatic heterocycles. The van der Waals surface area contributed by atoms with Crippen LogP contribution in [0.15, 0.2) is 6.20 Å². The van der Waals surface area contributed by atoms with Gasteiger partial charge in [0.25, 0.3) is 0 Å². The molecule has 0 aliphatic rings. The number of methoxy groups -OCH3 is 1. The minimum Gasteiger partial charge on any atom is -0.469 e. The van der Waals surface area contributed by atoms with E-state index in [0.717, 1.165) is 6.20 Å². The summed E-state index contributed by atoms with van der Waals surface area (Å²) in [5.41, 5.74) is 0. The summed E-state index contributed by atoms with van der Waals surface area (Å²) in [6.07, 6.45) is 1.26. The minimum atomic E-state index is -0.651. The summed E-state index contributed by atoms with van der Waals surface area (Å²) in [4.78, 5) is 20.3. The third kappa shape index (κ3) is 2.51. The SMILES string of the molecule is COC(=O)CCn1cc([N+](=O)[O-])nn1. The summed E-state index contributed by atoms with van der Waals surface area (Å²) in [7, 11) is 1.27. The van der Waals surface area contributed by atoms with Crippen molar-refractivity contribution in [1.82, 2.24) is 15.0 Å². The highest BCUT2D eigenvalue weighted by Gasteiger charge is 2.12. The summed E-state index contributed by atoms with van der Waals surface area (Å²) < 4.78 is 5.61. The Kier molecular flexibility index (Phi) is 3.10. The molecule has 0 aliphatic carbocycles. The molecule has 0 aliphatic heterocycles. The summed E-state index contributed by atoms with van der Waals surface area (Å²) in [6, 6.07) is 0. The average Bonchev–Trinajstić information content (AvgIpc) is 2.62. The zero-order chi connectivity index (χ0) is 10.6. The van der Waals surface area contributed by atoms with Gasteiger partial charge in [-0.1, -0.05) is 0 Å². The van der Waals surface area contributed by atoms with Crippen molar-refractivity contribution >= 4 is 11.8 Å². The maximum absolute atomic E-state index is 10.7. The maximum Gasteiger partial charge on any atom is 0.410 e. The van der Waals surface area contributed by atoms with Gasteiger partial charge in [-0.25, -0.2) is 4.68 Å². The van der Waals surface area contributed by atoms with E-state index in [2.05, 4.69) is 15.0 Å². The number of nitrogens with zero attached hydrogens (tertiary/aromatic N) is 4. The molecule has 0 radical (unpaired) electrons. The molecule has 0 aromatic carbocycles. The highest BCUT2D eigenvalue weighted by atomic mass is 16.6. The predicted molar refractivity (Wildman–Crippen MR) is 43.3 cm³/mol. The second kappa shape index (κ2) is 4.30. The van der Waals surface area contributed by atoms with E-state index in [1.807, 2.05) is 0 Å². The summed E-state index contributed by atoms with van der Waals surface area (Å²) in [5.74, 6) is -0.738. The van der Waals surface area contributed by atoms with E-state index in [0.29, 0.717) is 0 Å². The maximum atomic E-state index is 10.7. The fourth-order valence-corrected chi connectivity index (χ4v) is 0.789. The smallest absolute Gasteiger partial charge is 0.410 e. The van der Waals surface area contributed by atoms with Crippen molar-refractivity contribution in [2.75, 3.05) is 7.11 Å². The van der Waals surface area contributed by atoms with Crippen molar-refractivity contribution < 1.29 is 14.5 Å². The Morgan fingerprint density at radius 2 is 2.50 bits per heavy atom. The van der Waals surface area contributed by atoms with Gasteiger partial charge in [0.1, 0.15) is 11.3 Å². The van der Waals surface area contributed by atoms with Crippen molar-refractivity contribution in [1.29, 1.82) is 0 Å². The van der Waals surface area contributed by atoms with Crippen molar-refractivity contribution in [2.24, 2.45) is 0 Å². The molecule has 0 N–H and O–H groups in total. The number of nitro groups is 1. The Balaban J connectivity index is 2.52. The van der Waals surface area contributed by atoms with Gasteiger partial charge < -0.3 is 14.9 Å². The lowest BCUT2D eigenvalue weighted by Crippen LogP contribution is -2.07. The zero-order valence-corrected chi connectivity index (χ0v) is 7.41. The van der Waals surface area contributed by atoms with Gasteiger partial charge in [0, 0.05) is 0 Å². The first-order chi connectivity index (χ1) is 6.63. The molecule has 8 heteroatoms. The summed E-state index contributed by atoms with van der Waals surface area (Å²) in [5, 5.41) is 16.9. The molecule has 0 amide bonds. The van der Waals surface area contributed by atoms with E-state index < -0.39 is 10.9 Å². The van der Waals surface area contributed by atoms with Crippen LogP contribution in [0.1, 0.15) is 6.42 Å². The Labute approximate surface area is 78.6 Å². The first-order valence-electron chi connectivity index (χ1n) is 3.75. The predicted octanol–water partition coefficient (Wildman–Crippen LogP) is -0.251. The normalized spacial score (nSPS) is 9.79. The van der Waals surface area contributed by atoms with Crippen molar-refractivity contribution in [2.45, 2.75) is 13.0 Å². The van der Waals surface area contributed by atoms with Crippen LogP contribution in [0, 0.1) is 10.1 Å². The quantitative estimate of drug-likeness (QED) is 0.377. The molecule has 1 heterocycles. The van der Waals surface area contributed by atoms with Crippen LogP contribution >= 0.6 is 0 Å². The number of hydrogen-bond acceptors (Lipinski definition) is 6. The van der Waals surface area contributed by atoms with Crippen LogP contribution in [-0.2, 0) is 16.1 Å². The van der Waals surface area contributed by atoms with Crippen LogP contribution in [-0.4, -0.2) is 33.0 Å². The molecule has 0 atom stereocenters. The lowest BCUT2D eigenvalue weighted by atomic mass is 10.4. The van der Waals surface area contributed by atoms with Crippen LogP contribution in [0.3, 0.4) is 0 Å². The van der Waals surface area contributed by atoms with Gasteiger partial charge in [-0.3, -0.25) is 4.79 Å². The van der Waals surface area contributed by atoms with Gasteiger partial charge in [-0.05, 0) is 4.92 Å². The Morgan fingerprint density at radius 3 is 3.00 bits per heavy atom. The number of carbonyl (C=O) groups is 1. The number of hydrogen-bond donors (Lipinski definition) is 0. The van der Waals surface area contributed by atoms with Crippen LogP contribution in [0.5, 0.6) is 0 Å². The van der Waals surface area contributed by atoms with Crippen molar-refractivity contribution in [3.63, 3.8) is 0 Å². The number of rotatable bonds is 4. The molecule has 14 heavy (non-hydrogen) atoms. The highest BCUT2D eigenvalue weighted by molar-refractivity contribution is 5.68. The van der Waals surface area contributed by atoms with Crippen molar-refractivity contribution in [3.8, 4) is 0 Å². The topological polar surface area (TPSA) is 100 Å². The van der Waals surface area contributed by atoms with Crippen LogP contribution in [0.4, 0.5) is 5.82 Å². The first-order valence-corrected chi connectivity index (χ1v) is 3.75. The Morgan fingerprint density at radius 1 is 1.79 bits per heavy atom. The van der Waals surface area contributed by atoms with Crippen LogP contribution in [0.2, 0.25) is 0 Å². The van der Waals surface area contributed by atoms with E-state index in [1.165, 1.54) is 11.8 Å². The van der Waals surface area contributed by atoms with Gasteiger partial charge in [0.15, 0.2) is 0 Å². The molecule has 8 nitrogen and oxygen atoms in total. The molecule has 1 rings (SSSR count). The summed E-state index contributed by atoms with van der Waals surface area (Å²) >= 11 is 0. The third-order valence-corrected chi connectivity index (χ3v) is 1.49. The molecule has 0 spiro atoms. The molecule has 76 valence electrons. The molecular formula is C6H8N4O4. The number of aryl methyl sites for hydroxylation is 1. The van der Waals surface area contributed by atoms with Gasteiger partial charge >= 0.3 is 11.8 Å². The number of ether oxygens (including phenoxy) is 1. The number of aromatic nitrogens is 3. The standard InChI is InChI=1S/C6H8N4O4/c1-14-6(11)2-3-9-4-5(7-8-9)10(12)13/h4H,2-3H2,1H3. The largest absolute Gasteiger partial charge is 0.469 e. The highest BCUT2D eigenvalue weighted by Crippen LogP contribution is 2.03. The van der Waals surface area contributed by atoms with E-state index in [-0.39, 0.29) is 18.8 Å². The number of carbonyl (C=O) groups excluding carboxylic acids is 1. The summed E-state index contributed by atoms with van der Waals surface area (Å²) in [6.45, 7) is 0.216. The molecule has 0 unspecified atom stereocenters. The van der Waals surface area contributed by atoms with E-state index in [9.17, 15) is 14.9 Å². The minimum absolute atomic E-state index is 0.108. The van der Waals surface area contributed by atoms with Gasteiger partial charge in [-0.2, -0.15) is 0 Å². The van der Waals surface area contributed by atoms with Gasteiger partial charge in [-0.15, -0.1) is 0 Å². The molecule has 0 fully saturated rings. The van der Waals surface area contributed by atoms with E-state index in [4.69, 9.17) is 0 Å². The second-order valence-electron chi connectivity index (χ2n) is 2.42. The molecule has 0 saturated carbocycles. The molecule has 0 bridgehead atoms.